The van der Waals surface area contributed by atoms with Crippen LogP contribution in [0.1, 0.15) is 55.3 Å². The highest BCUT2D eigenvalue weighted by molar-refractivity contribution is 7.99. The minimum atomic E-state index is -3.55. The maximum Gasteiger partial charge on any atom is 0.256 e. The minimum absolute atomic E-state index is 0.0618. The van der Waals surface area contributed by atoms with Crippen LogP contribution in [0, 0.1) is 0 Å². The van der Waals surface area contributed by atoms with Crippen LogP contribution in [-0.2, 0) is 14.8 Å². The first-order valence-corrected chi connectivity index (χ1v) is 14.1. The molecule has 1 amide bonds. The Morgan fingerprint density at radius 1 is 1.03 bits per heavy atom. The van der Waals surface area contributed by atoms with Gasteiger partial charge in [-0.15, -0.1) is 11.8 Å². The molecule has 1 N–H and O–H groups in total. The Kier molecular flexibility index (Phi) is 8.11. The lowest BCUT2D eigenvalue weighted by molar-refractivity contribution is 0.102. The van der Waals surface area contributed by atoms with Gasteiger partial charge < -0.3 is 10.1 Å². The van der Waals surface area contributed by atoms with Crippen molar-refractivity contribution in [2.45, 2.75) is 66.9 Å². The van der Waals surface area contributed by atoms with Crippen LogP contribution < -0.4 is 5.32 Å². The Bertz CT molecular complexity index is 1040. The molecule has 178 valence electrons. The third kappa shape index (κ3) is 5.98. The highest BCUT2D eigenvalue weighted by Gasteiger charge is 2.29. The summed E-state index contributed by atoms with van der Waals surface area (Å²) in [7, 11) is -1.88. The number of rotatable bonds is 8. The van der Waals surface area contributed by atoms with Crippen molar-refractivity contribution in [1.29, 1.82) is 0 Å². The minimum Gasteiger partial charge on any atom is -0.377 e. The van der Waals surface area contributed by atoms with Crippen molar-refractivity contribution in [3.63, 3.8) is 0 Å². The first-order chi connectivity index (χ1) is 15.9. The molecule has 1 atom stereocenters. The van der Waals surface area contributed by atoms with Crippen molar-refractivity contribution >= 4 is 33.4 Å². The molecule has 0 spiro atoms. The average molecular weight is 489 g/mol. The van der Waals surface area contributed by atoms with Crippen molar-refractivity contribution < 1.29 is 17.9 Å². The molecule has 0 unspecified atom stereocenters. The molecular formula is C25H32N2O4S2. The first-order valence-electron chi connectivity index (χ1n) is 11.7. The van der Waals surface area contributed by atoms with E-state index in [1.807, 2.05) is 24.3 Å². The number of nitrogens with one attached hydrogen (secondary N) is 1. The molecule has 2 fully saturated rings. The van der Waals surface area contributed by atoms with Gasteiger partial charge in [0, 0.05) is 36.0 Å². The largest absolute Gasteiger partial charge is 0.377 e. The molecule has 0 radical (unpaired) electrons. The van der Waals surface area contributed by atoms with Gasteiger partial charge in [-0.25, -0.2) is 8.42 Å². The quantitative estimate of drug-likeness (QED) is 0.519. The van der Waals surface area contributed by atoms with Crippen LogP contribution in [0.5, 0.6) is 0 Å². The number of carbonyl (C=O) groups is 1. The van der Waals surface area contributed by atoms with E-state index < -0.39 is 10.0 Å². The fourth-order valence-electron chi connectivity index (χ4n) is 4.45. The van der Waals surface area contributed by atoms with Gasteiger partial charge in [-0.05, 0) is 62.1 Å². The van der Waals surface area contributed by atoms with Gasteiger partial charge in [-0.2, -0.15) is 4.31 Å². The maximum atomic E-state index is 13.0. The van der Waals surface area contributed by atoms with Crippen molar-refractivity contribution in [1.82, 2.24) is 4.31 Å². The second kappa shape index (κ2) is 11.0. The van der Waals surface area contributed by atoms with E-state index in [1.54, 1.807) is 43.1 Å². The van der Waals surface area contributed by atoms with Crippen LogP contribution in [0.4, 0.5) is 5.69 Å². The average Bonchev–Trinajstić information content (AvgIpc) is 3.37. The summed E-state index contributed by atoms with van der Waals surface area (Å²) in [6.45, 7) is 0.815. The van der Waals surface area contributed by atoms with E-state index in [-0.39, 0.29) is 22.9 Å². The highest BCUT2D eigenvalue weighted by Crippen LogP contribution is 2.29. The van der Waals surface area contributed by atoms with E-state index in [0.717, 1.165) is 55.8 Å². The zero-order valence-electron chi connectivity index (χ0n) is 19.0. The monoisotopic (exact) mass is 488 g/mol. The summed E-state index contributed by atoms with van der Waals surface area (Å²) in [5.74, 6) is 0.617. The third-order valence-corrected chi connectivity index (χ3v) is 9.59. The van der Waals surface area contributed by atoms with Crippen LogP contribution in [0.15, 0.2) is 58.3 Å². The summed E-state index contributed by atoms with van der Waals surface area (Å²) in [4.78, 5) is 14.1. The number of hydrogen-bond acceptors (Lipinski definition) is 5. The van der Waals surface area contributed by atoms with Gasteiger partial charge >= 0.3 is 0 Å². The topological polar surface area (TPSA) is 75.7 Å². The summed E-state index contributed by atoms with van der Waals surface area (Å²) in [5.41, 5.74) is 1.17. The predicted octanol–water partition coefficient (Wildman–Crippen LogP) is 5.16. The van der Waals surface area contributed by atoms with Gasteiger partial charge in [0.15, 0.2) is 0 Å². The van der Waals surface area contributed by atoms with E-state index >= 15 is 0 Å². The van der Waals surface area contributed by atoms with Gasteiger partial charge in [0.2, 0.25) is 10.0 Å². The van der Waals surface area contributed by atoms with Crippen LogP contribution in [0.25, 0.3) is 0 Å². The van der Waals surface area contributed by atoms with E-state index in [4.69, 9.17) is 4.74 Å². The Morgan fingerprint density at radius 2 is 1.76 bits per heavy atom. The van der Waals surface area contributed by atoms with Gasteiger partial charge in [0.05, 0.1) is 16.6 Å². The number of amides is 1. The van der Waals surface area contributed by atoms with Crippen molar-refractivity contribution in [3.05, 3.63) is 54.1 Å². The Hall–Kier alpha value is -1.87. The number of carbonyl (C=O) groups excluding carboxylic acids is 1. The van der Waals surface area contributed by atoms with Crippen molar-refractivity contribution in [2.24, 2.45) is 0 Å². The lowest BCUT2D eigenvalue weighted by Gasteiger charge is -2.30. The number of thioether (sulfide) groups is 1. The molecule has 4 rings (SSSR count). The van der Waals surface area contributed by atoms with Crippen LogP contribution in [0.2, 0.25) is 0 Å². The summed E-state index contributed by atoms with van der Waals surface area (Å²) in [5, 5.41) is 2.91. The standard InChI is InChI=1S/C25H32N2O4S2/c1-27(20-8-3-2-4-9-20)33(29,30)22-15-13-19(14-16-22)26-25(28)23-11-5-6-12-24(23)32-18-21-10-7-17-31-21/h5-6,11-16,20-21H,2-4,7-10,17-18H2,1H3,(H,26,28)/t21-/m1/s1. The molecule has 1 saturated heterocycles. The number of ether oxygens (including phenoxy) is 1. The molecule has 2 aliphatic rings. The number of anilines is 1. The summed E-state index contributed by atoms with van der Waals surface area (Å²) in [6.07, 6.45) is 7.54. The molecule has 2 aromatic carbocycles. The molecule has 6 nitrogen and oxygen atoms in total. The van der Waals surface area contributed by atoms with E-state index in [1.165, 1.54) is 10.7 Å². The second-order valence-electron chi connectivity index (χ2n) is 8.73. The molecule has 1 aliphatic carbocycles. The molecule has 1 heterocycles. The van der Waals surface area contributed by atoms with E-state index in [9.17, 15) is 13.2 Å². The second-order valence-corrected chi connectivity index (χ2v) is 11.8. The summed E-state index contributed by atoms with van der Waals surface area (Å²) in [6, 6.07) is 14.1. The molecule has 8 heteroatoms. The molecule has 2 aromatic rings. The Labute approximate surface area is 201 Å². The predicted molar refractivity (Wildman–Crippen MR) is 132 cm³/mol. The normalized spacial score (nSPS) is 19.6. The third-order valence-electron chi connectivity index (χ3n) is 6.46. The molecule has 0 aromatic heterocycles. The fourth-order valence-corrected chi connectivity index (χ4v) is 6.99. The molecular weight excluding hydrogens is 456 g/mol. The summed E-state index contributed by atoms with van der Waals surface area (Å²) < 4.78 is 33.3. The van der Waals surface area contributed by atoms with Crippen LogP contribution in [0.3, 0.4) is 0 Å². The van der Waals surface area contributed by atoms with Crippen LogP contribution >= 0.6 is 11.8 Å². The van der Waals surface area contributed by atoms with Gasteiger partial charge in [0.1, 0.15) is 0 Å². The fraction of sp³-hybridized carbons (Fsp3) is 0.480. The number of nitrogens with zero attached hydrogens (tertiary/aromatic N) is 1. The van der Waals surface area contributed by atoms with Crippen molar-refractivity contribution in [3.8, 4) is 0 Å². The number of sulfonamides is 1. The van der Waals surface area contributed by atoms with E-state index in [0.29, 0.717) is 11.3 Å². The smallest absolute Gasteiger partial charge is 0.256 e. The van der Waals surface area contributed by atoms with Crippen LogP contribution in [-0.4, -0.2) is 50.2 Å². The first kappa shape index (κ1) is 24.3. The SMILES string of the molecule is CN(C1CCCCC1)S(=O)(=O)c1ccc(NC(=O)c2ccccc2SC[C@H]2CCCO2)cc1. The molecule has 33 heavy (non-hydrogen) atoms. The van der Waals surface area contributed by atoms with Gasteiger partial charge in [0.25, 0.3) is 5.91 Å². The molecule has 0 bridgehead atoms. The highest BCUT2D eigenvalue weighted by atomic mass is 32.2. The number of hydrogen-bond donors (Lipinski definition) is 1. The maximum absolute atomic E-state index is 13.0. The summed E-state index contributed by atoms with van der Waals surface area (Å²) >= 11 is 1.64. The Morgan fingerprint density at radius 3 is 2.45 bits per heavy atom. The lowest BCUT2D eigenvalue weighted by atomic mass is 9.96. The van der Waals surface area contributed by atoms with Gasteiger partial charge in [-0.1, -0.05) is 31.4 Å². The lowest BCUT2D eigenvalue weighted by Crippen LogP contribution is -2.38. The zero-order valence-corrected chi connectivity index (χ0v) is 20.7. The van der Waals surface area contributed by atoms with Gasteiger partial charge in [-0.3, -0.25) is 4.79 Å². The Balaban J connectivity index is 1.41. The van der Waals surface area contributed by atoms with Crippen molar-refractivity contribution in [2.75, 3.05) is 24.7 Å². The zero-order chi connectivity index (χ0) is 23.3. The van der Waals surface area contributed by atoms with E-state index in [2.05, 4.69) is 5.32 Å². The number of benzene rings is 2. The molecule has 1 saturated carbocycles. The molecule has 1 aliphatic heterocycles.